The highest BCUT2D eigenvalue weighted by molar-refractivity contribution is 5.86. The lowest BCUT2D eigenvalue weighted by Gasteiger charge is -2.32. The molecule has 0 unspecified atom stereocenters. The van der Waals surface area contributed by atoms with Crippen molar-refractivity contribution in [3.8, 4) is 17.2 Å². The van der Waals surface area contributed by atoms with Crippen LogP contribution in [0.4, 0.5) is 0 Å². The summed E-state index contributed by atoms with van der Waals surface area (Å²) in [6, 6.07) is 11.5. The third-order valence-electron chi connectivity index (χ3n) is 5.82. The maximum atomic E-state index is 12.8. The third kappa shape index (κ3) is 4.29. The van der Waals surface area contributed by atoms with E-state index in [0.717, 1.165) is 30.6 Å². The van der Waals surface area contributed by atoms with Crippen molar-refractivity contribution in [1.82, 2.24) is 10.1 Å². The highest BCUT2D eigenvalue weighted by Crippen LogP contribution is 2.39. The average Bonchev–Trinajstić information content (AvgIpc) is 3.21. The summed E-state index contributed by atoms with van der Waals surface area (Å²) in [5, 5.41) is 4.99. The van der Waals surface area contributed by atoms with Gasteiger partial charge in [0.1, 0.15) is 12.2 Å². The van der Waals surface area contributed by atoms with Crippen molar-refractivity contribution in [2.24, 2.45) is 0 Å². The predicted octanol–water partition coefficient (Wildman–Crippen LogP) is 1.32. The molecule has 0 atom stereocenters. The van der Waals surface area contributed by atoms with Crippen LogP contribution in [0.3, 0.4) is 0 Å². The molecule has 0 bridgehead atoms. The third-order valence-corrected chi connectivity index (χ3v) is 5.82. The molecule has 4 rings (SSSR count). The van der Waals surface area contributed by atoms with E-state index in [1.807, 2.05) is 41.3 Å². The molecule has 8 nitrogen and oxygen atoms in total. The van der Waals surface area contributed by atoms with Gasteiger partial charge in [0, 0.05) is 5.39 Å². The van der Waals surface area contributed by atoms with Crippen molar-refractivity contribution in [2.45, 2.75) is 13.0 Å². The van der Waals surface area contributed by atoms with Crippen LogP contribution in [-0.2, 0) is 17.8 Å². The van der Waals surface area contributed by atoms with Crippen molar-refractivity contribution in [3.05, 3.63) is 47.7 Å². The number of amides is 1. The summed E-state index contributed by atoms with van der Waals surface area (Å²) in [6.07, 6.45) is 0.260. The standard InChI is InChI=1S/C23H27N3O5/c1-28-20-9-8-16(22(29-2)23(20)30-3)15-25-10-12-26(13-11-25)21(27)14-18-17-6-4-5-7-19(17)31-24-18/h4-9H,10-15H2,1-3H3/p+1. The van der Waals surface area contributed by atoms with Crippen LogP contribution in [0.1, 0.15) is 11.3 Å². The fourth-order valence-electron chi connectivity index (χ4n) is 4.14. The van der Waals surface area contributed by atoms with Crippen LogP contribution in [0.25, 0.3) is 11.0 Å². The average molecular weight is 426 g/mol. The van der Waals surface area contributed by atoms with Crippen LogP contribution >= 0.6 is 0 Å². The Bertz CT molecular complexity index is 1060. The van der Waals surface area contributed by atoms with Crippen molar-refractivity contribution in [3.63, 3.8) is 0 Å². The zero-order chi connectivity index (χ0) is 21.8. The van der Waals surface area contributed by atoms with Crippen LogP contribution in [0.15, 0.2) is 40.9 Å². The Kier molecular flexibility index (Phi) is 6.27. The molecule has 2 heterocycles. The molecule has 1 aromatic heterocycles. The lowest BCUT2D eigenvalue weighted by atomic mass is 10.1. The zero-order valence-electron chi connectivity index (χ0n) is 18.1. The summed E-state index contributed by atoms with van der Waals surface area (Å²) in [4.78, 5) is 16.1. The zero-order valence-corrected chi connectivity index (χ0v) is 18.1. The number of quaternary nitrogens is 1. The Morgan fingerprint density at radius 1 is 1.03 bits per heavy atom. The number of benzene rings is 2. The Morgan fingerprint density at radius 3 is 2.48 bits per heavy atom. The van der Waals surface area contributed by atoms with Gasteiger partial charge in [0.2, 0.25) is 11.7 Å². The number of para-hydroxylation sites is 1. The maximum absolute atomic E-state index is 12.8. The molecule has 3 aromatic rings. The number of fused-ring (bicyclic) bond motifs is 1. The number of nitrogens with one attached hydrogen (secondary N) is 1. The quantitative estimate of drug-likeness (QED) is 0.614. The molecule has 0 spiro atoms. The first-order chi connectivity index (χ1) is 15.1. The fourth-order valence-corrected chi connectivity index (χ4v) is 4.14. The van der Waals surface area contributed by atoms with Crippen LogP contribution in [0.5, 0.6) is 17.2 Å². The second-order valence-electron chi connectivity index (χ2n) is 7.60. The molecule has 0 aliphatic carbocycles. The van der Waals surface area contributed by atoms with Gasteiger partial charge in [-0.25, -0.2) is 0 Å². The van der Waals surface area contributed by atoms with Crippen LogP contribution in [0, 0.1) is 0 Å². The molecule has 1 saturated heterocycles. The number of carbonyl (C=O) groups excluding carboxylic acids is 1. The van der Waals surface area contributed by atoms with E-state index in [9.17, 15) is 4.79 Å². The lowest BCUT2D eigenvalue weighted by Crippen LogP contribution is -3.13. The monoisotopic (exact) mass is 426 g/mol. The van der Waals surface area contributed by atoms with Crippen molar-refractivity contribution < 1.29 is 28.4 Å². The van der Waals surface area contributed by atoms with E-state index in [1.165, 1.54) is 4.90 Å². The largest absolute Gasteiger partial charge is 0.493 e. The number of carbonyl (C=O) groups is 1. The Hall–Kier alpha value is -3.26. The molecule has 31 heavy (non-hydrogen) atoms. The molecule has 0 saturated carbocycles. The molecule has 8 heteroatoms. The van der Waals surface area contributed by atoms with Gasteiger partial charge in [-0.15, -0.1) is 0 Å². The minimum Gasteiger partial charge on any atom is -0.493 e. The summed E-state index contributed by atoms with van der Waals surface area (Å²) in [5.74, 6) is 2.04. The molecule has 1 fully saturated rings. The van der Waals surface area contributed by atoms with Gasteiger partial charge < -0.3 is 28.5 Å². The number of hydrogen-bond acceptors (Lipinski definition) is 6. The first kappa shape index (κ1) is 21.0. The van der Waals surface area contributed by atoms with Gasteiger partial charge in [-0.3, -0.25) is 4.79 Å². The highest BCUT2D eigenvalue weighted by atomic mass is 16.5. The Balaban J connectivity index is 1.37. The molecule has 1 amide bonds. The SMILES string of the molecule is COc1ccc(C[NH+]2CCN(C(=O)Cc3noc4ccccc34)CC2)c(OC)c1OC. The normalized spacial score (nSPS) is 14.6. The molecular formula is C23H28N3O5+. The fraction of sp³-hybridized carbons (Fsp3) is 0.391. The van der Waals surface area contributed by atoms with Crippen molar-refractivity contribution in [2.75, 3.05) is 47.5 Å². The van der Waals surface area contributed by atoms with Crippen molar-refractivity contribution in [1.29, 1.82) is 0 Å². The molecule has 164 valence electrons. The van der Waals surface area contributed by atoms with Crippen LogP contribution in [0.2, 0.25) is 0 Å². The molecule has 2 aromatic carbocycles. The summed E-state index contributed by atoms with van der Waals surface area (Å²) < 4.78 is 21.8. The van der Waals surface area contributed by atoms with E-state index >= 15 is 0 Å². The molecule has 1 aliphatic heterocycles. The lowest BCUT2D eigenvalue weighted by molar-refractivity contribution is -0.917. The van der Waals surface area contributed by atoms with Gasteiger partial charge in [0.05, 0.1) is 59.5 Å². The van der Waals surface area contributed by atoms with E-state index in [1.54, 1.807) is 21.3 Å². The van der Waals surface area contributed by atoms with E-state index in [-0.39, 0.29) is 12.3 Å². The predicted molar refractivity (Wildman–Crippen MR) is 115 cm³/mol. The summed E-state index contributed by atoms with van der Waals surface area (Å²) in [5.41, 5.74) is 2.47. The van der Waals surface area contributed by atoms with E-state index in [0.29, 0.717) is 41.6 Å². The minimum absolute atomic E-state index is 0.0850. The first-order valence-corrected chi connectivity index (χ1v) is 10.4. The van der Waals surface area contributed by atoms with Crippen molar-refractivity contribution >= 4 is 16.9 Å². The molecular weight excluding hydrogens is 398 g/mol. The topological polar surface area (TPSA) is 78.5 Å². The smallest absolute Gasteiger partial charge is 0.229 e. The number of aromatic nitrogens is 1. The maximum Gasteiger partial charge on any atom is 0.229 e. The number of nitrogens with zero attached hydrogens (tertiary/aromatic N) is 2. The van der Waals surface area contributed by atoms with Gasteiger partial charge in [-0.2, -0.15) is 0 Å². The van der Waals surface area contributed by atoms with Gasteiger partial charge in [-0.1, -0.05) is 17.3 Å². The van der Waals surface area contributed by atoms with Crippen LogP contribution < -0.4 is 19.1 Å². The number of hydrogen-bond donors (Lipinski definition) is 1. The van der Waals surface area contributed by atoms with Gasteiger partial charge in [0.15, 0.2) is 17.1 Å². The Labute approximate surface area is 181 Å². The molecule has 1 aliphatic rings. The van der Waals surface area contributed by atoms with E-state index < -0.39 is 0 Å². The van der Waals surface area contributed by atoms with Crippen LogP contribution in [-0.4, -0.2) is 63.5 Å². The second-order valence-corrected chi connectivity index (χ2v) is 7.60. The number of rotatable bonds is 7. The highest BCUT2D eigenvalue weighted by Gasteiger charge is 2.27. The Morgan fingerprint density at radius 2 is 1.77 bits per heavy atom. The van der Waals surface area contributed by atoms with Gasteiger partial charge in [0.25, 0.3) is 0 Å². The number of ether oxygens (including phenoxy) is 3. The van der Waals surface area contributed by atoms with Gasteiger partial charge in [-0.05, 0) is 24.3 Å². The first-order valence-electron chi connectivity index (χ1n) is 10.4. The number of methoxy groups -OCH3 is 3. The molecule has 0 radical (unpaired) electrons. The summed E-state index contributed by atoms with van der Waals surface area (Å²) in [7, 11) is 4.86. The molecule has 1 N–H and O–H groups in total. The summed E-state index contributed by atoms with van der Waals surface area (Å²) >= 11 is 0. The minimum atomic E-state index is 0.0850. The number of piperazine rings is 1. The van der Waals surface area contributed by atoms with E-state index in [2.05, 4.69) is 5.16 Å². The summed E-state index contributed by atoms with van der Waals surface area (Å²) in [6.45, 7) is 3.93. The second kappa shape index (κ2) is 9.26. The van der Waals surface area contributed by atoms with E-state index in [4.69, 9.17) is 18.7 Å². The van der Waals surface area contributed by atoms with Gasteiger partial charge >= 0.3 is 0 Å².